The summed E-state index contributed by atoms with van der Waals surface area (Å²) in [6, 6.07) is 7.64. The van der Waals surface area contributed by atoms with Gasteiger partial charge in [-0.15, -0.1) is 0 Å². The van der Waals surface area contributed by atoms with Crippen molar-refractivity contribution >= 4 is 11.5 Å². The Labute approximate surface area is 77.3 Å². The number of benzene rings is 1. The van der Waals surface area contributed by atoms with Gasteiger partial charge in [0.05, 0.1) is 5.69 Å². The average Bonchev–Trinajstić information content (AvgIpc) is 2.15. The number of para-hydroxylation sites is 1. The number of nitrogens with zero attached hydrogens (tertiary/aromatic N) is 2. The minimum Gasteiger partial charge on any atom is -0.369 e. The first-order valence-electron chi connectivity index (χ1n) is 4.25. The highest BCUT2D eigenvalue weighted by Gasteiger charge is 2.21. The summed E-state index contributed by atoms with van der Waals surface area (Å²) in [7, 11) is 1.83. The second kappa shape index (κ2) is 2.85. The van der Waals surface area contributed by atoms with Crippen molar-refractivity contribution in [3.63, 3.8) is 0 Å². The zero-order valence-corrected chi connectivity index (χ0v) is 7.73. The maximum absolute atomic E-state index is 9.85. The van der Waals surface area contributed by atoms with Crippen LogP contribution in [0, 0.1) is 0 Å². The Bertz CT molecular complexity index is 360. The average molecular weight is 176 g/mol. The van der Waals surface area contributed by atoms with Gasteiger partial charge in [-0.3, -0.25) is 0 Å². The van der Waals surface area contributed by atoms with Gasteiger partial charge in [0.2, 0.25) is 0 Å². The summed E-state index contributed by atoms with van der Waals surface area (Å²) in [6.45, 7) is 1.89. The molecule has 1 unspecified atom stereocenters. The van der Waals surface area contributed by atoms with E-state index in [-0.39, 0.29) is 0 Å². The fourth-order valence-corrected chi connectivity index (χ4v) is 1.45. The summed E-state index contributed by atoms with van der Waals surface area (Å²) in [4.78, 5) is 6.11. The number of aliphatic hydroxyl groups excluding tert-OH is 1. The summed E-state index contributed by atoms with van der Waals surface area (Å²) in [5, 5.41) is 9.85. The van der Waals surface area contributed by atoms with Crippen molar-refractivity contribution in [3.8, 4) is 0 Å². The van der Waals surface area contributed by atoms with E-state index < -0.39 is 6.23 Å². The molecule has 3 nitrogen and oxygen atoms in total. The minimum atomic E-state index is -0.561. The molecule has 0 saturated heterocycles. The Kier molecular flexibility index (Phi) is 1.81. The molecule has 2 rings (SSSR count). The number of aliphatic imine (C=N–C) groups is 1. The predicted molar refractivity (Wildman–Crippen MR) is 51.9 cm³/mol. The standard InChI is InChI=1S/C10H12N2O/c1-7-11-9-6-4-3-5-8(9)10(13)12(7)2/h3-6,10,13H,1-2H3. The predicted octanol–water partition coefficient (Wildman–Crippen LogP) is 1.67. The van der Waals surface area contributed by atoms with Crippen LogP contribution >= 0.6 is 0 Å². The Morgan fingerprint density at radius 3 is 2.85 bits per heavy atom. The summed E-state index contributed by atoms with van der Waals surface area (Å²) >= 11 is 0. The lowest BCUT2D eigenvalue weighted by atomic mass is 10.1. The van der Waals surface area contributed by atoms with Gasteiger partial charge in [-0.1, -0.05) is 18.2 Å². The summed E-state index contributed by atoms with van der Waals surface area (Å²) in [6.07, 6.45) is -0.561. The Morgan fingerprint density at radius 1 is 1.38 bits per heavy atom. The third-order valence-corrected chi connectivity index (χ3v) is 2.37. The van der Waals surface area contributed by atoms with Crippen LogP contribution in [0.5, 0.6) is 0 Å². The first kappa shape index (κ1) is 8.26. The normalized spacial score (nSPS) is 21.0. The second-order valence-electron chi connectivity index (χ2n) is 3.20. The van der Waals surface area contributed by atoms with E-state index in [4.69, 9.17) is 0 Å². The molecule has 13 heavy (non-hydrogen) atoms. The van der Waals surface area contributed by atoms with Crippen molar-refractivity contribution in [2.24, 2.45) is 4.99 Å². The van der Waals surface area contributed by atoms with Crippen molar-refractivity contribution in [3.05, 3.63) is 29.8 Å². The van der Waals surface area contributed by atoms with E-state index in [1.807, 2.05) is 38.2 Å². The Hall–Kier alpha value is -1.35. The molecule has 0 spiro atoms. The Balaban J connectivity index is 2.56. The highest BCUT2D eigenvalue weighted by molar-refractivity contribution is 5.85. The molecule has 1 atom stereocenters. The molecule has 1 N–H and O–H groups in total. The monoisotopic (exact) mass is 176 g/mol. The highest BCUT2D eigenvalue weighted by atomic mass is 16.3. The smallest absolute Gasteiger partial charge is 0.155 e. The number of rotatable bonds is 0. The van der Waals surface area contributed by atoms with Crippen LogP contribution in [0.1, 0.15) is 18.7 Å². The van der Waals surface area contributed by atoms with Crippen LogP contribution < -0.4 is 0 Å². The first-order valence-corrected chi connectivity index (χ1v) is 4.25. The fourth-order valence-electron chi connectivity index (χ4n) is 1.45. The lowest BCUT2D eigenvalue weighted by Gasteiger charge is -2.30. The molecule has 68 valence electrons. The van der Waals surface area contributed by atoms with Crippen LogP contribution in [-0.2, 0) is 0 Å². The molecule has 1 aromatic carbocycles. The van der Waals surface area contributed by atoms with Gasteiger partial charge in [0, 0.05) is 12.6 Å². The zero-order chi connectivity index (χ0) is 9.42. The number of hydrogen-bond donors (Lipinski definition) is 1. The van der Waals surface area contributed by atoms with Crippen molar-refractivity contribution in [1.29, 1.82) is 0 Å². The summed E-state index contributed by atoms with van der Waals surface area (Å²) in [5.74, 6) is 0.839. The molecule has 1 aliphatic rings. The van der Waals surface area contributed by atoms with E-state index in [9.17, 15) is 5.11 Å². The number of fused-ring (bicyclic) bond motifs is 1. The third kappa shape index (κ3) is 1.21. The second-order valence-corrected chi connectivity index (χ2v) is 3.20. The van der Waals surface area contributed by atoms with E-state index >= 15 is 0 Å². The molecule has 1 heterocycles. The molecule has 3 heteroatoms. The number of hydrogen-bond acceptors (Lipinski definition) is 3. The van der Waals surface area contributed by atoms with Crippen molar-refractivity contribution < 1.29 is 5.11 Å². The van der Waals surface area contributed by atoms with Crippen molar-refractivity contribution in [2.75, 3.05) is 7.05 Å². The van der Waals surface area contributed by atoms with Gasteiger partial charge in [0.15, 0.2) is 6.23 Å². The van der Waals surface area contributed by atoms with Crippen LogP contribution in [0.3, 0.4) is 0 Å². The largest absolute Gasteiger partial charge is 0.369 e. The van der Waals surface area contributed by atoms with E-state index in [0.29, 0.717) is 0 Å². The molecule has 0 aromatic heterocycles. The molecular weight excluding hydrogens is 164 g/mol. The molecular formula is C10H12N2O. The quantitative estimate of drug-likeness (QED) is 0.652. The van der Waals surface area contributed by atoms with Crippen LogP contribution in [0.25, 0.3) is 0 Å². The maximum atomic E-state index is 9.85. The minimum absolute atomic E-state index is 0.561. The summed E-state index contributed by atoms with van der Waals surface area (Å²) in [5.41, 5.74) is 1.74. The molecule has 0 radical (unpaired) electrons. The summed E-state index contributed by atoms with van der Waals surface area (Å²) < 4.78 is 0. The van der Waals surface area contributed by atoms with Crippen LogP contribution in [0.15, 0.2) is 29.3 Å². The molecule has 0 fully saturated rings. The van der Waals surface area contributed by atoms with Gasteiger partial charge in [0.1, 0.15) is 5.84 Å². The fraction of sp³-hybridized carbons (Fsp3) is 0.300. The lowest BCUT2D eigenvalue weighted by Crippen LogP contribution is -2.31. The lowest BCUT2D eigenvalue weighted by molar-refractivity contribution is 0.0668. The van der Waals surface area contributed by atoms with E-state index in [0.717, 1.165) is 17.1 Å². The van der Waals surface area contributed by atoms with Gasteiger partial charge in [-0.05, 0) is 13.0 Å². The van der Waals surface area contributed by atoms with Crippen molar-refractivity contribution in [2.45, 2.75) is 13.2 Å². The number of aliphatic hydroxyl groups is 1. The number of amidine groups is 1. The van der Waals surface area contributed by atoms with Gasteiger partial charge >= 0.3 is 0 Å². The van der Waals surface area contributed by atoms with Crippen LogP contribution in [-0.4, -0.2) is 22.9 Å². The molecule has 0 aliphatic carbocycles. The van der Waals surface area contributed by atoms with Crippen LogP contribution in [0.4, 0.5) is 5.69 Å². The zero-order valence-electron chi connectivity index (χ0n) is 7.73. The molecule has 0 saturated carbocycles. The van der Waals surface area contributed by atoms with Crippen molar-refractivity contribution in [1.82, 2.24) is 4.90 Å². The van der Waals surface area contributed by atoms with Gasteiger partial charge < -0.3 is 10.0 Å². The molecule has 1 aliphatic heterocycles. The molecule has 1 aromatic rings. The highest BCUT2D eigenvalue weighted by Crippen LogP contribution is 2.31. The van der Waals surface area contributed by atoms with Crippen LogP contribution in [0.2, 0.25) is 0 Å². The third-order valence-electron chi connectivity index (χ3n) is 2.37. The van der Waals surface area contributed by atoms with Gasteiger partial charge in [0.25, 0.3) is 0 Å². The van der Waals surface area contributed by atoms with E-state index in [1.54, 1.807) is 4.90 Å². The maximum Gasteiger partial charge on any atom is 0.155 e. The van der Waals surface area contributed by atoms with Gasteiger partial charge in [-0.25, -0.2) is 4.99 Å². The van der Waals surface area contributed by atoms with E-state index in [1.165, 1.54) is 0 Å². The molecule has 0 amide bonds. The van der Waals surface area contributed by atoms with Gasteiger partial charge in [-0.2, -0.15) is 0 Å². The Morgan fingerprint density at radius 2 is 2.08 bits per heavy atom. The first-order chi connectivity index (χ1) is 6.20. The SMILES string of the molecule is CC1=Nc2ccccc2C(O)N1C. The van der Waals surface area contributed by atoms with E-state index in [2.05, 4.69) is 4.99 Å². The topological polar surface area (TPSA) is 35.8 Å². The molecule has 0 bridgehead atoms.